The van der Waals surface area contributed by atoms with Gasteiger partial charge < -0.3 is 10.6 Å². The molecule has 96 valence electrons. The van der Waals surface area contributed by atoms with Gasteiger partial charge in [0.2, 0.25) is 0 Å². The molecule has 1 aromatic rings. The number of anilines is 1. The van der Waals surface area contributed by atoms with Crippen LogP contribution in [0.25, 0.3) is 0 Å². The van der Waals surface area contributed by atoms with Crippen LogP contribution in [0.15, 0.2) is 41.8 Å². The van der Waals surface area contributed by atoms with Gasteiger partial charge in [-0.2, -0.15) is 5.26 Å². The minimum absolute atomic E-state index is 0.136. The Morgan fingerprint density at radius 3 is 2.63 bits per heavy atom. The maximum Gasteiger partial charge on any atom is 0.324 e. The topological polar surface area (TPSA) is 101 Å². The molecule has 0 aromatic heterocycles. The van der Waals surface area contributed by atoms with Crippen LogP contribution in [0.3, 0.4) is 0 Å². The second-order valence-electron chi connectivity index (χ2n) is 3.51. The summed E-state index contributed by atoms with van der Waals surface area (Å²) in [6.45, 7) is 0. The van der Waals surface area contributed by atoms with E-state index >= 15 is 0 Å². The molecule has 0 bridgehead atoms. The summed E-state index contributed by atoms with van der Waals surface area (Å²) in [5, 5.41) is 16.9. The molecule has 5 N–H and O–H groups in total. The first-order valence-electron chi connectivity index (χ1n) is 5.29. The number of allylic oxidation sites excluding steroid dienone is 1. The largest absolute Gasteiger partial charge is 0.324 e. The molecule has 1 heterocycles. The van der Waals surface area contributed by atoms with Crippen LogP contribution in [-0.2, 0) is 0 Å². The van der Waals surface area contributed by atoms with Gasteiger partial charge in [-0.15, -0.1) is 0 Å². The zero-order chi connectivity index (χ0) is 13.7. The second kappa shape index (κ2) is 5.70. The fourth-order valence-corrected chi connectivity index (χ4v) is 1.52. The Labute approximate surface area is 114 Å². The first kappa shape index (κ1) is 12.7. The van der Waals surface area contributed by atoms with Gasteiger partial charge in [-0.05, 0) is 24.4 Å². The average molecular weight is 274 g/mol. The fraction of sp³-hybridized carbons (Fsp3) is 0. The van der Waals surface area contributed by atoms with E-state index in [9.17, 15) is 4.79 Å². The Hall–Kier alpha value is -2.79. The summed E-state index contributed by atoms with van der Waals surface area (Å²) in [6, 6.07) is 10.3. The number of nitrogens with one attached hydrogen (secondary N) is 5. The first-order valence-corrected chi connectivity index (χ1v) is 5.70. The summed E-state index contributed by atoms with van der Waals surface area (Å²) in [5.41, 5.74) is 5.89. The van der Waals surface area contributed by atoms with Crippen LogP contribution in [0.4, 0.5) is 10.5 Å². The van der Waals surface area contributed by atoms with Crippen LogP contribution >= 0.6 is 12.2 Å². The molecular weight excluding hydrogens is 264 g/mol. The summed E-state index contributed by atoms with van der Waals surface area (Å²) in [6.07, 6.45) is 0. The van der Waals surface area contributed by atoms with Crippen molar-refractivity contribution in [3.8, 4) is 6.07 Å². The SMILES string of the molecule is N#CC1=C(NC(=O)Nc2ccccc2)NC(=S)NN1. The van der Waals surface area contributed by atoms with Crippen molar-refractivity contribution < 1.29 is 4.79 Å². The van der Waals surface area contributed by atoms with E-state index in [1.54, 1.807) is 24.3 Å². The summed E-state index contributed by atoms with van der Waals surface area (Å²) >= 11 is 4.87. The third-order valence-electron chi connectivity index (χ3n) is 2.17. The lowest BCUT2D eigenvalue weighted by Crippen LogP contribution is -2.53. The molecule has 0 spiro atoms. The molecule has 19 heavy (non-hydrogen) atoms. The summed E-state index contributed by atoms with van der Waals surface area (Å²) < 4.78 is 0. The lowest BCUT2D eigenvalue weighted by molar-refractivity contribution is 0.253. The predicted octanol–water partition coefficient (Wildman–Crippen LogP) is 0.483. The highest BCUT2D eigenvalue weighted by atomic mass is 32.1. The van der Waals surface area contributed by atoms with Crippen molar-refractivity contribution in [2.24, 2.45) is 0 Å². The van der Waals surface area contributed by atoms with Gasteiger partial charge in [0.1, 0.15) is 11.9 Å². The zero-order valence-corrected chi connectivity index (χ0v) is 10.5. The molecule has 1 aliphatic rings. The maximum absolute atomic E-state index is 11.8. The Bertz CT molecular complexity index is 577. The number of nitrogens with zero attached hydrogens (tertiary/aromatic N) is 1. The number of thiocarbonyl (C=S) groups is 1. The van der Waals surface area contributed by atoms with E-state index < -0.39 is 6.03 Å². The van der Waals surface area contributed by atoms with Gasteiger partial charge in [-0.1, -0.05) is 18.2 Å². The van der Waals surface area contributed by atoms with Gasteiger partial charge in [0.05, 0.1) is 0 Å². The third-order valence-corrected chi connectivity index (χ3v) is 2.38. The molecule has 2 rings (SSSR count). The molecule has 1 aromatic carbocycles. The minimum atomic E-state index is -0.479. The molecule has 0 aliphatic carbocycles. The normalized spacial score (nSPS) is 13.5. The number of para-hydroxylation sites is 1. The Kier molecular flexibility index (Phi) is 3.80. The van der Waals surface area contributed by atoms with Crippen molar-refractivity contribution in [3.63, 3.8) is 0 Å². The van der Waals surface area contributed by atoms with Crippen molar-refractivity contribution in [1.29, 1.82) is 5.26 Å². The minimum Gasteiger partial charge on any atom is -0.315 e. The molecule has 1 aliphatic heterocycles. The third kappa shape index (κ3) is 3.34. The van der Waals surface area contributed by atoms with Gasteiger partial charge >= 0.3 is 6.03 Å². The maximum atomic E-state index is 11.8. The van der Waals surface area contributed by atoms with Gasteiger partial charge in [0.15, 0.2) is 10.8 Å². The van der Waals surface area contributed by atoms with Crippen LogP contribution in [0.2, 0.25) is 0 Å². The number of rotatable bonds is 2. The predicted molar refractivity (Wildman–Crippen MR) is 73.2 cm³/mol. The number of benzene rings is 1. The van der Waals surface area contributed by atoms with Crippen LogP contribution in [0.1, 0.15) is 0 Å². The van der Waals surface area contributed by atoms with E-state index in [0.29, 0.717) is 5.69 Å². The van der Waals surface area contributed by atoms with E-state index in [1.807, 2.05) is 12.1 Å². The second-order valence-corrected chi connectivity index (χ2v) is 3.92. The molecule has 0 fully saturated rings. The molecule has 0 saturated heterocycles. The highest BCUT2D eigenvalue weighted by molar-refractivity contribution is 7.80. The van der Waals surface area contributed by atoms with Crippen molar-refractivity contribution in [3.05, 3.63) is 41.8 Å². The van der Waals surface area contributed by atoms with Crippen LogP contribution in [0, 0.1) is 11.3 Å². The first-order chi connectivity index (χ1) is 9.19. The van der Waals surface area contributed by atoms with E-state index in [2.05, 4.69) is 26.8 Å². The van der Waals surface area contributed by atoms with Crippen molar-refractivity contribution in [2.75, 3.05) is 5.32 Å². The molecule has 8 heteroatoms. The number of amides is 2. The monoisotopic (exact) mass is 274 g/mol. The molecule has 0 unspecified atom stereocenters. The van der Waals surface area contributed by atoms with E-state index in [0.717, 1.165) is 0 Å². The summed E-state index contributed by atoms with van der Waals surface area (Å²) in [4.78, 5) is 11.8. The van der Waals surface area contributed by atoms with Crippen LogP contribution in [0.5, 0.6) is 0 Å². The lowest BCUT2D eigenvalue weighted by atomic mass is 10.3. The number of nitriles is 1. The quantitative estimate of drug-likeness (QED) is 0.503. The highest BCUT2D eigenvalue weighted by Gasteiger charge is 2.16. The summed E-state index contributed by atoms with van der Waals surface area (Å²) in [5.74, 6) is 0.194. The van der Waals surface area contributed by atoms with Gasteiger partial charge in [-0.3, -0.25) is 16.2 Å². The van der Waals surface area contributed by atoms with E-state index in [1.165, 1.54) is 0 Å². The van der Waals surface area contributed by atoms with Crippen molar-refractivity contribution in [1.82, 2.24) is 21.5 Å². The van der Waals surface area contributed by atoms with E-state index in [4.69, 9.17) is 17.5 Å². The van der Waals surface area contributed by atoms with Crippen LogP contribution < -0.4 is 26.8 Å². The standard InChI is InChI=1S/C11H10N6OS/c12-6-8-9(15-11(19)17-16-8)14-10(18)13-7-4-2-1-3-5-7/h1-5,16H,(H2,13,14,18)(H2,15,17,19). The van der Waals surface area contributed by atoms with Gasteiger partial charge in [-0.25, -0.2) is 4.79 Å². The Balaban J connectivity index is 2.04. The zero-order valence-electron chi connectivity index (χ0n) is 9.65. The van der Waals surface area contributed by atoms with Crippen LogP contribution in [-0.4, -0.2) is 11.1 Å². The Morgan fingerprint density at radius 1 is 1.21 bits per heavy atom. The van der Waals surface area contributed by atoms with E-state index in [-0.39, 0.29) is 16.6 Å². The molecular formula is C11H10N6OS. The van der Waals surface area contributed by atoms with Gasteiger partial charge in [0.25, 0.3) is 0 Å². The molecule has 2 amide bonds. The summed E-state index contributed by atoms with van der Waals surface area (Å²) in [7, 11) is 0. The van der Waals surface area contributed by atoms with Crippen molar-refractivity contribution in [2.45, 2.75) is 0 Å². The number of hydrogen-bond donors (Lipinski definition) is 5. The molecule has 0 atom stereocenters. The average Bonchev–Trinajstić information content (AvgIpc) is 2.40. The molecule has 0 radical (unpaired) electrons. The smallest absolute Gasteiger partial charge is 0.315 e. The number of hydrazine groups is 1. The molecule has 7 nitrogen and oxygen atoms in total. The fourth-order valence-electron chi connectivity index (χ4n) is 1.36. The number of carbonyl (C=O) groups excluding carboxylic acids is 1. The molecule has 0 saturated carbocycles. The van der Waals surface area contributed by atoms with Crippen molar-refractivity contribution >= 4 is 29.0 Å². The Morgan fingerprint density at radius 2 is 1.95 bits per heavy atom. The number of hydrogen-bond acceptors (Lipinski definition) is 4. The highest BCUT2D eigenvalue weighted by Crippen LogP contribution is 2.05. The number of urea groups is 1. The van der Waals surface area contributed by atoms with Gasteiger partial charge in [0, 0.05) is 5.69 Å². The lowest BCUT2D eigenvalue weighted by Gasteiger charge is -2.22. The number of carbonyl (C=O) groups is 1.